The van der Waals surface area contributed by atoms with Gasteiger partial charge in [-0.15, -0.1) is 0 Å². The average molecular weight is 959 g/mol. The average Bonchev–Trinajstić information content (AvgIpc) is 4.08. The van der Waals surface area contributed by atoms with Crippen LogP contribution in [-0.4, -0.2) is 139 Å². The summed E-state index contributed by atoms with van der Waals surface area (Å²) < 4.78 is 5.84. The molecule has 0 bridgehead atoms. The molecule has 1 aliphatic rings. The van der Waals surface area contributed by atoms with Gasteiger partial charge in [0, 0.05) is 54.7 Å². The van der Waals surface area contributed by atoms with E-state index < -0.39 is 103 Å². The maximum absolute atomic E-state index is 14.4. The molecular formula is C47H62N10O12. The van der Waals surface area contributed by atoms with Gasteiger partial charge in [-0.3, -0.25) is 33.6 Å². The molecule has 22 nitrogen and oxygen atoms in total. The van der Waals surface area contributed by atoms with Crippen LogP contribution >= 0.6 is 0 Å². The maximum Gasteiger partial charge on any atom is 0.326 e. The molecule has 1 fully saturated rings. The van der Waals surface area contributed by atoms with Crippen molar-refractivity contribution < 1.29 is 58.4 Å². The number of benzene rings is 2. The number of carboxylic acid groups (broad SMARTS) is 1. The van der Waals surface area contributed by atoms with Gasteiger partial charge < -0.3 is 67.2 Å². The maximum atomic E-state index is 14.4. The number of amides is 7. The number of nitrogens with zero attached hydrogens (tertiary/aromatic N) is 1. The normalized spacial score (nSPS) is 16.3. The fourth-order valence-corrected chi connectivity index (χ4v) is 7.48. The molecular weight excluding hydrogens is 897 g/mol. The lowest BCUT2D eigenvalue weighted by atomic mass is 10.0. The summed E-state index contributed by atoms with van der Waals surface area (Å²) in [5, 5.41) is 49.1. The Bertz CT molecular complexity index is 2430. The Labute approximate surface area is 397 Å². The molecule has 4 aromatic rings. The van der Waals surface area contributed by atoms with Gasteiger partial charge in [0.1, 0.15) is 48.0 Å². The van der Waals surface area contributed by atoms with E-state index in [1.807, 2.05) is 6.07 Å². The Balaban J connectivity index is 1.40. The van der Waals surface area contributed by atoms with Crippen LogP contribution in [0.25, 0.3) is 10.9 Å². The molecule has 3 heterocycles. The molecule has 7 atom stereocenters. The van der Waals surface area contributed by atoms with Gasteiger partial charge in [-0.05, 0) is 68.9 Å². The Kier molecular flexibility index (Phi) is 18.4. The van der Waals surface area contributed by atoms with Crippen LogP contribution in [0.5, 0.6) is 5.75 Å². The lowest BCUT2D eigenvalue weighted by Crippen LogP contribution is -2.61. The van der Waals surface area contributed by atoms with Crippen molar-refractivity contribution in [1.82, 2.24) is 52.2 Å². The zero-order chi connectivity index (χ0) is 50.4. The Hall–Kier alpha value is -7.33. The molecule has 22 heteroatoms. The number of aliphatic hydroxyl groups is 1. The van der Waals surface area contributed by atoms with Crippen molar-refractivity contribution in [1.29, 1.82) is 0 Å². The second-order valence-corrected chi connectivity index (χ2v) is 18.3. The summed E-state index contributed by atoms with van der Waals surface area (Å²) in [5.41, 5.74) is 1.44. The monoisotopic (exact) mass is 958 g/mol. The van der Waals surface area contributed by atoms with Crippen LogP contribution in [0.4, 0.5) is 0 Å². The lowest BCUT2D eigenvalue weighted by molar-refractivity contribution is -0.143. The lowest BCUT2D eigenvalue weighted by Gasteiger charge is -2.28. The molecule has 2 aromatic carbocycles. The van der Waals surface area contributed by atoms with Gasteiger partial charge in [0.2, 0.25) is 41.4 Å². The number of rotatable bonds is 24. The van der Waals surface area contributed by atoms with Crippen molar-refractivity contribution in [2.75, 3.05) is 13.2 Å². The quantitative estimate of drug-likeness (QED) is 0.0432. The number of aliphatic carboxylic acids is 1. The largest absolute Gasteiger partial charge is 0.508 e. The summed E-state index contributed by atoms with van der Waals surface area (Å²) >= 11 is 0. The molecule has 2 aromatic heterocycles. The number of aliphatic hydroxyl groups excluding tert-OH is 1. The van der Waals surface area contributed by atoms with Gasteiger partial charge in [0.25, 0.3) is 0 Å². The van der Waals surface area contributed by atoms with E-state index in [9.17, 15) is 53.7 Å². The summed E-state index contributed by atoms with van der Waals surface area (Å²) in [5.74, 6) is -6.97. The van der Waals surface area contributed by atoms with Gasteiger partial charge in [-0.25, -0.2) is 9.78 Å². The number of aromatic nitrogens is 3. The first-order chi connectivity index (χ1) is 32.7. The molecule has 0 saturated carbocycles. The van der Waals surface area contributed by atoms with Crippen LogP contribution in [0.15, 0.2) is 67.3 Å². The van der Waals surface area contributed by atoms with Crippen LogP contribution in [0.1, 0.15) is 70.7 Å². The topological polar surface area (TPSA) is 335 Å². The predicted molar refractivity (Wildman–Crippen MR) is 249 cm³/mol. The van der Waals surface area contributed by atoms with Crippen LogP contribution in [-0.2, 0) is 62.4 Å². The van der Waals surface area contributed by atoms with Crippen molar-refractivity contribution in [3.8, 4) is 5.75 Å². The molecule has 12 N–H and O–H groups in total. The second kappa shape index (κ2) is 24.1. The fourth-order valence-electron chi connectivity index (χ4n) is 7.48. The number of imidazole rings is 1. The van der Waals surface area contributed by atoms with Gasteiger partial charge in [-0.2, -0.15) is 0 Å². The number of carbonyl (C=O) groups excluding carboxylic acids is 7. The number of nitrogens with one attached hydrogen (secondary N) is 9. The van der Waals surface area contributed by atoms with E-state index in [0.717, 1.165) is 10.9 Å². The third-order valence-corrected chi connectivity index (χ3v) is 11.1. The summed E-state index contributed by atoms with van der Waals surface area (Å²) in [6.07, 6.45) is 4.46. The molecule has 7 amide bonds. The van der Waals surface area contributed by atoms with Crippen molar-refractivity contribution >= 4 is 58.2 Å². The standard InChI is InChI=1S/C47H62N10O12/c1-25(2)16-36(46(67)68)55-45(66)38(23-69-47(3,4)5)57-41(62)33(17-26-10-12-29(59)13-11-26)52-44(65)37(22-58)56-42(63)34(18-27-20-49-31-9-7-6-8-30(27)31)53-43(64)35(19-28-21-48-24-50-28)54-40(61)32-14-15-39(60)51-32/h6-13,20-21,24-25,32-38,49,58-59H,14-19,22-23H2,1-5H3,(H,48,50)(H,51,60)(H,52,65)(H,53,64)(H,54,61)(H,55,66)(H,56,63)(H,57,62)(H,67,68)/t32-,33-,34-,35-,36-,37-,38+/m0/s1. The number of carboxylic acids is 1. The Morgan fingerprint density at radius 1 is 0.754 bits per heavy atom. The van der Waals surface area contributed by atoms with E-state index in [0.29, 0.717) is 16.8 Å². The minimum atomic E-state index is -1.72. The molecule has 69 heavy (non-hydrogen) atoms. The summed E-state index contributed by atoms with van der Waals surface area (Å²) in [4.78, 5) is 118. The second-order valence-electron chi connectivity index (χ2n) is 18.3. The zero-order valence-corrected chi connectivity index (χ0v) is 39.1. The van der Waals surface area contributed by atoms with Gasteiger partial charge in [0.05, 0.1) is 25.1 Å². The van der Waals surface area contributed by atoms with Gasteiger partial charge in [-0.1, -0.05) is 44.2 Å². The first-order valence-corrected chi connectivity index (χ1v) is 22.6. The molecule has 0 radical (unpaired) electrons. The van der Waals surface area contributed by atoms with Gasteiger partial charge in [0.15, 0.2) is 0 Å². The highest BCUT2D eigenvalue weighted by Gasteiger charge is 2.36. The molecule has 0 spiro atoms. The number of phenolic OH excluding ortho intramolecular Hbond substituents is 1. The molecule has 0 unspecified atom stereocenters. The summed E-state index contributed by atoms with van der Waals surface area (Å²) in [6.45, 7) is 7.33. The fraction of sp³-hybridized carbons (Fsp3) is 0.468. The number of hydrogen-bond acceptors (Lipinski definition) is 12. The van der Waals surface area contributed by atoms with E-state index in [1.54, 1.807) is 59.0 Å². The number of fused-ring (bicyclic) bond motifs is 1. The van der Waals surface area contributed by atoms with E-state index in [2.05, 4.69) is 52.2 Å². The number of aromatic hydroxyl groups is 1. The van der Waals surface area contributed by atoms with E-state index in [4.69, 9.17) is 4.74 Å². The minimum Gasteiger partial charge on any atom is -0.508 e. The van der Waals surface area contributed by atoms with Crippen LogP contribution in [0.3, 0.4) is 0 Å². The number of aromatic amines is 2. The van der Waals surface area contributed by atoms with Gasteiger partial charge >= 0.3 is 5.97 Å². The highest BCUT2D eigenvalue weighted by Crippen LogP contribution is 2.20. The van der Waals surface area contributed by atoms with E-state index >= 15 is 0 Å². The molecule has 372 valence electrons. The number of para-hydroxylation sites is 1. The van der Waals surface area contributed by atoms with Crippen LogP contribution in [0.2, 0.25) is 0 Å². The van der Waals surface area contributed by atoms with Crippen LogP contribution in [0, 0.1) is 5.92 Å². The number of phenols is 1. The van der Waals surface area contributed by atoms with Crippen LogP contribution < -0.4 is 37.2 Å². The first kappa shape index (κ1) is 52.6. The van der Waals surface area contributed by atoms with Crippen molar-refractivity contribution in [3.63, 3.8) is 0 Å². The summed E-state index contributed by atoms with van der Waals surface area (Å²) in [6, 6.07) is 3.34. The SMILES string of the molecule is CC(C)C[C@H](NC(=O)[C@@H](COC(C)(C)C)NC(=O)[C@H](Cc1ccc(O)cc1)NC(=O)[C@H](CO)NC(=O)[C@H](Cc1c[nH]c2ccccc12)NC(=O)[C@H](Cc1cnc[nH]1)NC(=O)[C@@H]1CCC(=O)N1)C(=O)O. The molecule has 1 saturated heterocycles. The van der Waals surface area contributed by atoms with Crippen molar-refractivity contribution in [2.24, 2.45) is 5.92 Å². The predicted octanol–water partition coefficient (Wildman–Crippen LogP) is -0.250. The third-order valence-electron chi connectivity index (χ3n) is 11.1. The molecule has 0 aliphatic carbocycles. The first-order valence-electron chi connectivity index (χ1n) is 22.6. The molecule has 5 rings (SSSR count). The zero-order valence-electron chi connectivity index (χ0n) is 39.1. The minimum absolute atomic E-state index is 0.0797. The van der Waals surface area contributed by atoms with Crippen molar-refractivity contribution in [3.05, 3.63) is 84.1 Å². The smallest absolute Gasteiger partial charge is 0.326 e. The highest BCUT2D eigenvalue weighted by atomic mass is 16.5. The van der Waals surface area contributed by atoms with Crippen molar-refractivity contribution in [2.45, 2.75) is 121 Å². The number of ether oxygens (including phenoxy) is 1. The number of H-pyrrole nitrogens is 2. The third kappa shape index (κ3) is 15.9. The van der Waals surface area contributed by atoms with E-state index in [-0.39, 0.29) is 56.1 Å². The summed E-state index contributed by atoms with van der Waals surface area (Å²) in [7, 11) is 0. The Morgan fingerprint density at radius 2 is 1.33 bits per heavy atom. The number of carbonyl (C=O) groups is 8. The van der Waals surface area contributed by atoms with E-state index in [1.165, 1.54) is 36.8 Å². The Morgan fingerprint density at radius 3 is 1.91 bits per heavy atom. The number of hydrogen-bond donors (Lipinski definition) is 12. The molecule has 1 aliphatic heterocycles. The highest BCUT2D eigenvalue weighted by molar-refractivity contribution is 5.98.